The van der Waals surface area contributed by atoms with Gasteiger partial charge in [0.2, 0.25) is 0 Å². The molecule has 2 saturated heterocycles. The number of nitrogens with one attached hydrogen (secondary N) is 1. The number of aromatic hydroxyl groups is 2. The smallest absolute Gasteiger partial charge is 0.312 e. The van der Waals surface area contributed by atoms with E-state index in [-0.39, 0.29) is 23.6 Å². The lowest BCUT2D eigenvalue weighted by Gasteiger charge is -2.41. The van der Waals surface area contributed by atoms with Gasteiger partial charge in [-0.1, -0.05) is 54.6 Å². The summed E-state index contributed by atoms with van der Waals surface area (Å²) in [4.78, 5) is 56.4. The Labute approximate surface area is 263 Å². The number of piperazine rings is 2. The first-order valence-electron chi connectivity index (χ1n) is 15.6. The maximum atomic E-state index is 13.4. The van der Waals surface area contributed by atoms with E-state index >= 15 is 0 Å². The van der Waals surface area contributed by atoms with E-state index in [1.165, 1.54) is 0 Å². The van der Waals surface area contributed by atoms with Crippen LogP contribution in [0.5, 0.6) is 11.5 Å². The maximum Gasteiger partial charge on any atom is 0.312 e. The van der Waals surface area contributed by atoms with Crippen molar-refractivity contribution < 1.29 is 29.4 Å². The van der Waals surface area contributed by atoms with Crippen LogP contribution in [0.3, 0.4) is 0 Å². The molecule has 2 heterocycles. The van der Waals surface area contributed by atoms with E-state index < -0.39 is 23.6 Å². The summed E-state index contributed by atoms with van der Waals surface area (Å²) in [6, 6.07) is 23.2. The van der Waals surface area contributed by atoms with Crippen LogP contribution >= 0.6 is 0 Å². The van der Waals surface area contributed by atoms with Crippen LogP contribution in [0.4, 0.5) is 0 Å². The van der Waals surface area contributed by atoms with Crippen molar-refractivity contribution in [1.29, 1.82) is 0 Å². The highest BCUT2D eigenvalue weighted by Gasteiger charge is 2.39. The zero-order valence-corrected chi connectivity index (χ0v) is 25.3. The van der Waals surface area contributed by atoms with Gasteiger partial charge in [0.05, 0.1) is 6.04 Å². The quantitative estimate of drug-likeness (QED) is 0.201. The van der Waals surface area contributed by atoms with Gasteiger partial charge in [-0.25, -0.2) is 0 Å². The van der Waals surface area contributed by atoms with Crippen molar-refractivity contribution in [3.63, 3.8) is 0 Å². The molecule has 0 saturated carbocycles. The van der Waals surface area contributed by atoms with Crippen molar-refractivity contribution >= 4 is 23.6 Å². The average molecular weight is 613 g/mol. The first kappa shape index (κ1) is 31.6. The van der Waals surface area contributed by atoms with Crippen molar-refractivity contribution in [3.05, 3.63) is 95.6 Å². The minimum absolute atomic E-state index is 0.129. The number of phenols is 2. The molecule has 4 amide bonds. The lowest BCUT2D eigenvalue weighted by molar-refractivity contribution is -0.159. The Morgan fingerprint density at radius 2 is 1.20 bits per heavy atom. The fourth-order valence-corrected chi connectivity index (χ4v) is 6.14. The van der Waals surface area contributed by atoms with E-state index in [2.05, 4.69) is 5.32 Å². The van der Waals surface area contributed by atoms with Crippen molar-refractivity contribution in [3.8, 4) is 11.5 Å². The number of carbonyl (C=O) groups is 4. The minimum atomic E-state index is -0.577. The third-order valence-electron chi connectivity index (χ3n) is 8.68. The highest BCUT2D eigenvalue weighted by atomic mass is 16.3. The number of unbranched alkanes of at least 4 members (excludes halogenated alkanes) is 1. The summed E-state index contributed by atoms with van der Waals surface area (Å²) < 4.78 is 0. The molecule has 0 aromatic heterocycles. The van der Waals surface area contributed by atoms with Crippen LogP contribution in [-0.4, -0.2) is 93.3 Å². The number of rotatable bonds is 13. The van der Waals surface area contributed by atoms with Crippen LogP contribution in [0.15, 0.2) is 78.9 Å². The number of amides is 4. The second-order valence-corrected chi connectivity index (χ2v) is 11.8. The monoisotopic (exact) mass is 612 g/mol. The number of hydrogen-bond donors (Lipinski definition) is 3. The van der Waals surface area contributed by atoms with E-state index in [0.717, 1.165) is 23.1 Å². The van der Waals surface area contributed by atoms with Crippen LogP contribution in [0.2, 0.25) is 0 Å². The Morgan fingerprint density at radius 3 is 1.84 bits per heavy atom. The molecule has 2 atom stereocenters. The maximum absolute atomic E-state index is 13.4. The van der Waals surface area contributed by atoms with Crippen molar-refractivity contribution in [2.75, 3.05) is 32.7 Å². The van der Waals surface area contributed by atoms with Crippen LogP contribution in [0.1, 0.15) is 36.0 Å². The molecule has 3 aromatic rings. The Morgan fingerprint density at radius 1 is 0.622 bits per heavy atom. The second-order valence-electron chi connectivity index (χ2n) is 11.8. The molecule has 2 aliphatic heterocycles. The van der Waals surface area contributed by atoms with E-state index in [1.807, 2.05) is 42.5 Å². The van der Waals surface area contributed by atoms with Crippen LogP contribution < -0.4 is 5.32 Å². The van der Waals surface area contributed by atoms with Crippen LogP contribution in [-0.2, 0) is 38.4 Å². The molecule has 0 bridgehead atoms. The van der Waals surface area contributed by atoms with Crippen molar-refractivity contribution in [2.24, 2.45) is 0 Å². The van der Waals surface area contributed by atoms with E-state index in [9.17, 15) is 29.4 Å². The number of carbonyl (C=O) groups excluding carboxylic acids is 4. The Balaban J connectivity index is 1.19. The van der Waals surface area contributed by atoms with Crippen molar-refractivity contribution in [2.45, 2.75) is 50.6 Å². The summed E-state index contributed by atoms with van der Waals surface area (Å²) >= 11 is 0. The van der Waals surface area contributed by atoms with E-state index in [0.29, 0.717) is 64.8 Å². The van der Waals surface area contributed by atoms with Gasteiger partial charge in [-0.3, -0.25) is 19.2 Å². The minimum Gasteiger partial charge on any atom is -0.508 e. The van der Waals surface area contributed by atoms with Gasteiger partial charge >= 0.3 is 23.6 Å². The lowest BCUT2D eigenvalue weighted by atomic mass is 9.99. The third-order valence-corrected chi connectivity index (χ3v) is 8.68. The third kappa shape index (κ3) is 8.20. The van der Waals surface area contributed by atoms with Gasteiger partial charge in [0.15, 0.2) is 0 Å². The molecule has 10 nitrogen and oxygen atoms in total. The molecule has 10 heteroatoms. The van der Waals surface area contributed by atoms with Gasteiger partial charge in [0.1, 0.15) is 11.5 Å². The summed E-state index contributed by atoms with van der Waals surface area (Å²) in [6.45, 7) is 2.03. The van der Waals surface area contributed by atoms with Crippen LogP contribution in [0.25, 0.3) is 0 Å². The topological polar surface area (TPSA) is 130 Å². The highest BCUT2D eigenvalue weighted by molar-refractivity contribution is 6.36. The normalized spacial score (nSPS) is 18.8. The van der Waals surface area contributed by atoms with Gasteiger partial charge in [0.25, 0.3) is 0 Å². The zero-order chi connectivity index (χ0) is 31.8. The van der Waals surface area contributed by atoms with Crippen LogP contribution in [0, 0.1) is 0 Å². The fourth-order valence-electron chi connectivity index (χ4n) is 6.14. The number of benzene rings is 3. The molecule has 45 heavy (non-hydrogen) atoms. The molecule has 2 fully saturated rings. The highest BCUT2D eigenvalue weighted by Crippen LogP contribution is 2.21. The Hall–Kier alpha value is -4.86. The summed E-state index contributed by atoms with van der Waals surface area (Å²) in [6.07, 6.45) is 3.79. The SMILES string of the molecule is O=C1NC[C@H](CCCCN2C[C@H](Cc3ccc(O)cc3)N(CCc3ccc(O)cc3)C(=O)C2=O)N(CCc2ccccc2)C1=O. The predicted molar refractivity (Wildman–Crippen MR) is 168 cm³/mol. The molecule has 0 spiro atoms. The predicted octanol–water partition coefficient (Wildman–Crippen LogP) is 2.66. The number of nitrogens with zero attached hydrogens (tertiary/aromatic N) is 3. The summed E-state index contributed by atoms with van der Waals surface area (Å²) in [7, 11) is 0. The average Bonchev–Trinajstić information content (AvgIpc) is 3.05. The molecule has 0 radical (unpaired) electrons. The first-order chi connectivity index (χ1) is 21.8. The van der Waals surface area contributed by atoms with Gasteiger partial charge in [-0.15, -0.1) is 0 Å². The molecular weight excluding hydrogens is 572 g/mol. The molecule has 2 aliphatic rings. The second kappa shape index (κ2) is 14.7. The molecule has 3 aromatic carbocycles. The first-order valence-corrected chi connectivity index (χ1v) is 15.6. The van der Waals surface area contributed by atoms with Crippen molar-refractivity contribution in [1.82, 2.24) is 20.0 Å². The zero-order valence-electron chi connectivity index (χ0n) is 25.3. The number of phenolic OH excluding ortho intramolecular Hbond substituents is 2. The number of hydrogen-bond acceptors (Lipinski definition) is 6. The van der Waals surface area contributed by atoms with E-state index in [1.54, 1.807) is 51.1 Å². The fraction of sp³-hybridized carbons (Fsp3) is 0.371. The lowest BCUT2D eigenvalue weighted by Crippen LogP contribution is -2.60. The summed E-state index contributed by atoms with van der Waals surface area (Å²) in [5.41, 5.74) is 3.01. The standard InChI is InChI=1S/C35H40N4O6/c40-30-13-9-26(10-14-30)18-21-39-29(22-27-11-15-31(41)16-12-27)24-37(34(44)35(39)45)19-5-4-8-28-23-36-32(42)33(43)38(28)20-17-25-6-2-1-3-7-25/h1-3,6-7,9-16,28-29,40-41H,4-5,8,17-24H2,(H,36,42)/t28-,29-/m0/s1. The Bertz CT molecular complexity index is 1480. The van der Waals surface area contributed by atoms with E-state index in [4.69, 9.17) is 0 Å². The van der Waals surface area contributed by atoms with Gasteiger partial charge in [-0.05, 0) is 79.5 Å². The molecule has 5 rings (SSSR count). The largest absolute Gasteiger partial charge is 0.508 e. The molecule has 0 aliphatic carbocycles. The molecular formula is C35H40N4O6. The van der Waals surface area contributed by atoms with Gasteiger partial charge < -0.3 is 30.2 Å². The van der Waals surface area contributed by atoms with Gasteiger partial charge in [-0.2, -0.15) is 0 Å². The molecule has 0 unspecified atom stereocenters. The Kier molecular flexibility index (Phi) is 10.3. The molecule has 236 valence electrons. The summed E-state index contributed by atoms with van der Waals surface area (Å²) in [5.74, 6) is -1.81. The molecule has 3 N–H and O–H groups in total. The summed E-state index contributed by atoms with van der Waals surface area (Å²) in [5, 5.41) is 22.0. The van der Waals surface area contributed by atoms with Gasteiger partial charge in [0, 0.05) is 38.8 Å².